The molecule has 1 heterocycles. The van der Waals surface area contributed by atoms with Gasteiger partial charge in [0.25, 0.3) is 0 Å². The first-order chi connectivity index (χ1) is 12.7. The van der Waals surface area contributed by atoms with Gasteiger partial charge in [-0.15, -0.1) is 0 Å². The average Bonchev–Trinajstić information content (AvgIpc) is 3.21. The van der Waals surface area contributed by atoms with Gasteiger partial charge in [-0.3, -0.25) is 4.99 Å². The van der Waals surface area contributed by atoms with E-state index in [1.807, 2.05) is 6.07 Å². The molecule has 1 saturated carbocycles. The lowest BCUT2D eigenvalue weighted by Gasteiger charge is -2.36. The molecule has 0 unspecified atom stereocenters. The van der Waals surface area contributed by atoms with Crippen LogP contribution in [0.1, 0.15) is 49.7 Å². The summed E-state index contributed by atoms with van der Waals surface area (Å²) in [5, 5.41) is 15.6. The molecule has 0 aromatic heterocycles. The van der Waals surface area contributed by atoms with Crippen LogP contribution in [0.25, 0.3) is 0 Å². The van der Waals surface area contributed by atoms with E-state index >= 15 is 0 Å². The third-order valence-electron chi connectivity index (χ3n) is 5.56. The van der Waals surface area contributed by atoms with Gasteiger partial charge in [0, 0.05) is 44.3 Å². The Morgan fingerprint density at radius 2 is 2.00 bits per heavy atom. The first-order valence-corrected chi connectivity index (χ1v) is 9.59. The Balaban J connectivity index is 1.47. The van der Waals surface area contributed by atoms with E-state index in [0.29, 0.717) is 29.7 Å². The van der Waals surface area contributed by atoms with Crippen LogP contribution in [0.15, 0.2) is 23.2 Å². The summed E-state index contributed by atoms with van der Waals surface area (Å²) in [6.45, 7) is 2.58. The van der Waals surface area contributed by atoms with E-state index < -0.39 is 0 Å². The standard InChI is InChI=1S/C20H28FN5/c1-23-20(24-14-16-12-15(13-22)6-7-19(16)21)25-17-8-10-26(11-9-17)18-4-2-3-5-18/h6-7,12,17-18H,2-5,8-11,14H2,1H3,(H2,23,24,25). The SMILES string of the molecule is CN=C(NCc1cc(C#N)ccc1F)NC1CCN(C2CCCC2)CC1. The van der Waals surface area contributed by atoms with Gasteiger partial charge in [-0.1, -0.05) is 12.8 Å². The van der Waals surface area contributed by atoms with Crippen molar-refractivity contribution in [3.05, 3.63) is 35.1 Å². The molecule has 2 fully saturated rings. The third kappa shape index (κ3) is 4.73. The molecular formula is C20H28FN5. The molecule has 1 aromatic carbocycles. The molecule has 1 saturated heterocycles. The second kappa shape index (κ2) is 9.00. The number of nitrogens with zero attached hydrogens (tertiary/aromatic N) is 3. The number of nitrogens with one attached hydrogen (secondary N) is 2. The quantitative estimate of drug-likeness (QED) is 0.642. The molecule has 5 nitrogen and oxygen atoms in total. The van der Waals surface area contributed by atoms with Crippen LogP contribution >= 0.6 is 0 Å². The smallest absolute Gasteiger partial charge is 0.191 e. The first kappa shape index (κ1) is 18.7. The second-order valence-corrected chi connectivity index (χ2v) is 7.24. The predicted octanol–water partition coefficient (Wildman–Crippen LogP) is 2.77. The van der Waals surface area contributed by atoms with Crippen LogP contribution in [0.3, 0.4) is 0 Å². The van der Waals surface area contributed by atoms with Crippen molar-refractivity contribution in [1.82, 2.24) is 15.5 Å². The van der Waals surface area contributed by atoms with Crippen molar-refractivity contribution >= 4 is 5.96 Å². The highest BCUT2D eigenvalue weighted by Gasteiger charge is 2.27. The molecule has 0 radical (unpaired) electrons. The van der Waals surface area contributed by atoms with Crippen molar-refractivity contribution in [3.8, 4) is 6.07 Å². The van der Waals surface area contributed by atoms with Crippen LogP contribution in [0, 0.1) is 17.1 Å². The number of likely N-dealkylation sites (tertiary alicyclic amines) is 1. The maximum atomic E-state index is 13.9. The summed E-state index contributed by atoms with van der Waals surface area (Å²) >= 11 is 0. The minimum absolute atomic E-state index is 0.307. The summed E-state index contributed by atoms with van der Waals surface area (Å²) in [5.74, 6) is 0.378. The molecule has 26 heavy (non-hydrogen) atoms. The zero-order valence-electron chi connectivity index (χ0n) is 15.5. The van der Waals surface area contributed by atoms with E-state index in [4.69, 9.17) is 5.26 Å². The summed E-state index contributed by atoms with van der Waals surface area (Å²) in [7, 11) is 1.73. The largest absolute Gasteiger partial charge is 0.354 e. The van der Waals surface area contributed by atoms with Crippen molar-refractivity contribution in [2.75, 3.05) is 20.1 Å². The Morgan fingerprint density at radius 3 is 2.65 bits per heavy atom. The van der Waals surface area contributed by atoms with E-state index in [1.165, 1.54) is 37.8 Å². The highest BCUT2D eigenvalue weighted by atomic mass is 19.1. The number of halogens is 1. The molecule has 0 spiro atoms. The third-order valence-corrected chi connectivity index (χ3v) is 5.56. The Labute approximate surface area is 155 Å². The maximum Gasteiger partial charge on any atom is 0.191 e. The van der Waals surface area contributed by atoms with Gasteiger partial charge >= 0.3 is 0 Å². The number of guanidine groups is 1. The van der Waals surface area contributed by atoms with Crippen LogP contribution in [-0.4, -0.2) is 43.1 Å². The summed E-state index contributed by atoms with van der Waals surface area (Å²) in [6.07, 6.45) is 7.68. The molecule has 2 N–H and O–H groups in total. The van der Waals surface area contributed by atoms with Gasteiger partial charge in [0.15, 0.2) is 5.96 Å². The number of nitriles is 1. The van der Waals surface area contributed by atoms with Crippen molar-refractivity contribution in [2.45, 2.75) is 57.2 Å². The lowest BCUT2D eigenvalue weighted by molar-refractivity contribution is 0.150. The molecule has 1 aliphatic heterocycles. The number of hydrogen-bond acceptors (Lipinski definition) is 3. The van der Waals surface area contributed by atoms with Crippen LogP contribution in [0.2, 0.25) is 0 Å². The minimum atomic E-state index is -0.308. The summed E-state index contributed by atoms with van der Waals surface area (Å²) in [6, 6.07) is 7.64. The van der Waals surface area contributed by atoms with Crippen molar-refractivity contribution < 1.29 is 4.39 Å². The molecule has 1 aromatic rings. The Hall–Kier alpha value is -2.13. The zero-order chi connectivity index (χ0) is 18.4. The van der Waals surface area contributed by atoms with Crippen LogP contribution in [0.5, 0.6) is 0 Å². The van der Waals surface area contributed by atoms with Gasteiger partial charge in [-0.05, 0) is 43.9 Å². The van der Waals surface area contributed by atoms with E-state index in [-0.39, 0.29) is 5.82 Å². The van der Waals surface area contributed by atoms with Gasteiger partial charge in [0.1, 0.15) is 5.82 Å². The Morgan fingerprint density at radius 1 is 1.27 bits per heavy atom. The number of piperidine rings is 1. The Bertz CT molecular complexity index is 667. The van der Waals surface area contributed by atoms with Gasteiger partial charge in [-0.2, -0.15) is 5.26 Å². The van der Waals surface area contributed by atoms with Gasteiger partial charge in [0.2, 0.25) is 0 Å². The molecular weight excluding hydrogens is 329 g/mol. The summed E-state index contributed by atoms with van der Waals surface area (Å²) in [4.78, 5) is 6.90. The van der Waals surface area contributed by atoms with Gasteiger partial charge in [-0.25, -0.2) is 4.39 Å². The van der Waals surface area contributed by atoms with E-state index in [0.717, 1.165) is 32.0 Å². The first-order valence-electron chi connectivity index (χ1n) is 9.59. The second-order valence-electron chi connectivity index (χ2n) is 7.24. The average molecular weight is 357 g/mol. The fraction of sp³-hybridized carbons (Fsp3) is 0.600. The normalized spacial score (nSPS) is 20.1. The number of aliphatic imine (C=N–C) groups is 1. The number of rotatable bonds is 4. The van der Waals surface area contributed by atoms with Gasteiger partial charge in [0.05, 0.1) is 11.6 Å². The molecule has 0 bridgehead atoms. The van der Waals surface area contributed by atoms with Crippen LogP contribution in [0.4, 0.5) is 4.39 Å². The minimum Gasteiger partial charge on any atom is -0.354 e. The maximum absolute atomic E-state index is 13.9. The summed E-state index contributed by atoms with van der Waals surface area (Å²) in [5.41, 5.74) is 0.938. The van der Waals surface area contributed by atoms with Crippen LogP contribution < -0.4 is 10.6 Å². The highest BCUT2D eigenvalue weighted by molar-refractivity contribution is 5.80. The highest BCUT2D eigenvalue weighted by Crippen LogP contribution is 2.26. The fourth-order valence-corrected chi connectivity index (χ4v) is 4.03. The molecule has 140 valence electrons. The summed E-state index contributed by atoms with van der Waals surface area (Å²) < 4.78 is 13.9. The molecule has 0 atom stereocenters. The van der Waals surface area contributed by atoms with E-state index in [1.54, 1.807) is 13.1 Å². The molecule has 1 aliphatic carbocycles. The lowest BCUT2D eigenvalue weighted by Crippen LogP contribution is -2.50. The zero-order valence-corrected chi connectivity index (χ0v) is 15.5. The van der Waals surface area contributed by atoms with E-state index in [2.05, 4.69) is 20.5 Å². The van der Waals surface area contributed by atoms with Crippen molar-refractivity contribution in [2.24, 2.45) is 4.99 Å². The molecule has 0 amide bonds. The van der Waals surface area contributed by atoms with Crippen LogP contribution in [-0.2, 0) is 6.54 Å². The number of hydrogen-bond donors (Lipinski definition) is 2. The van der Waals surface area contributed by atoms with Crippen molar-refractivity contribution in [1.29, 1.82) is 5.26 Å². The van der Waals surface area contributed by atoms with Crippen molar-refractivity contribution in [3.63, 3.8) is 0 Å². The fourth-order valence-electron chi connectivity index (χ4n) is 4.03. The molecule has 6 heteroatoms. The topological polar surface area (TPSA) is 63.5 Å². The van der Waals surface area contributed by atoms with E-state index in [9.17, 15) is 4.39 Å². The molecule has 2 aliphatic rings. The Kier molecular flexibility index (Phi) is 6.45. The molecule has 3 rings (SSSR count). The monoisotopic (exact) mass is 357 g/mol. The lowest BCUT2D eigenvalue weighted by atomic mass is 10.0. The predicted molar refractivity (Wildman–Crippen MR) is 101 cm³/mol. The number of benzene rings is 1. The van der Waals surface area contributed by atoms with Gasteiger partial charge < -0.3 is 15.5 Å².